The monoisotopic (exact) mass is 619 g/mol. The number of amides is 2. The lowest BCUT2D eigenvalue weighted by atomic mass is 10.1. The van der Waals surface area contributed by atoms with Gasteiger partial charge in [0.1, 0.15) is 25.8 Å². The molecule has 1 N–H and O–H groups in total. The smallest absolute Gasteiger partial charge is 0.264 e. The van der Waals surface area contributed by atoms with Gasteiger partial charge in [0.05, 0.1) is 20.6 Å². The van der Waals surface area contributed by atoms with Gasteiger partial charge < -0.3 is 19.7 Å². The summed E-state index contributed by atoms with van der Waals surface area (Å²) < 4.78 is 40.2. The van der Waals surface area contributed by atoms with Crippen LogP contribution in [0.15, 0.2) is 71.6 Å². The first kappa shape index (κ1) is 30.5. The molecule has 2 amide bonds. The van der Waals surface area contributed by atoms with Crippen molar-refractivity contribution in [2.45, 2.75) is 37.8 Å². The van der Waals surface area contributed by atoms with Crippen molar-refractivity contribution >= 4 is 50.7 Å². The number of halogens is 2. The average molecular weight is 621 g/mol. The fourth-order valence-corrected chi connectivity index (χ4v) is 6.23. The fourth-order valence-electron chi connectivity index (χ4n) is 4.48. The summed E-state index contributed by atoms with van der Waals surface area (Å²) >= 11 is 12.3. The molecular weight excluding hydrogens is 589 g/mol. The molecule has 0 aromatic heterocycles. The van der Waals surface area contributed by atoms with Crippen LogP contribution in [-0.2, 0) is 26.2 Å². The van der Waals surface area contributed by atoms with Gasteiger partial charge in [-0.25, -0.2) is 8.42 Å². The van der Waals surface area contributed by atoms with Crippen LogP contribution in [0.2, 0.25) is 10.0 Å². The molecule has 4 rings (SSSR count). The van der Waals surface area contributed by atoms with Crippen LogP contribution in [0.5, 0.6) is 11.5 Å². The highest BCUT2D eigenvalue weighted by molar-refractivity contribution is 7.92. The predicted molar refractivity (Wildman–Crippen MR) is 158 cm³/mol. The Morgan fingerprint density at radius 2 is 1.63 bits per heavy atom. The van der Waals surface area contributed by atoms with Crippen LogP contribution < -0.4 is 19.1 Å². The van der Waals surface area contributed by atoms with E-state index in [-0.39, 0.29) is 23.0 Å². The molecule has 0 fully saturated rings. The summed E-state index contributed by atoms with van der Waals surface area (Å²) in [5.74, 6) is -0.0772. The highest BCUT2D eigenvalue weighted by atomic mass is 35.5. The Hall–Kier alpha value is -3.47. The van der Waals surface area contributed by atoms with E-state index in [0.29, 0.717) is 53.3 Å². The molecule has 9 nitrogen and oxygen atoms in total. The van der Waals surface area contributed by atoms with Crippen molar-refractivity contribution < 1.29 is 27.5 Å². The number of hydrogen-bond acceptors (Lipinski definition) is 6. The van der Waals surface area contributed by atoms with E-state index in [1.54, 1.807) is 62.4 Å². The first-order chi connectivity index (χ1) is 19.6. The molecule has 1 aliphatic rings. The molecule has 41 heavy (non-hydrogen) atoms. The van der Waals surface area contributed by atoms with Crippen LogP contribution >= 0.6 is 23.2 Å². The number of nitrogens with one attached hydrogen (secondary N) is 1. The van der Waals surface area contributed by atoms with Crippen molar-refractivity contribution in [3.63, 3.8) is 0 Å². The zero-order chi connectivity index (χ0) is 29.6. The molecular formula is C29H31Cl2N3O6S. The van der Waals surface area contributed by atoms with Gasteiger partial charge in [0.25, 0.3) is 10.0 Å². The van der Waals surface area contributed by atoms with Gasteiger partial charge in [0, 0.05) is 19.2 Å². The van der Waals surface area contributed by atoms with Gasteiger partial charge in [-0.1, -0.05) is 54.4 Å². The Labute approximate surface area is 250 Å². The van der Waals surface area contributed by atoms with Crippen molar-refractivity contribution in [1.29, 1.82) is 0 Å². The predicted octanol–water partition coefficient (Wildman–Crippen LogP) is 4.90. The third-order valence-electron chi connectivity index (χ3n) is 6.50. The Balaban J connectivity index is 1.76. The normalized spacial score (nSPS) is 13.3. The summed E-state index contributed by atoms with van der Waals surface area (Å²) in [6.45, 7) is 4.05. The maximum absolute atomic E-state index is 14.1. The highest BCUT2D eigenvalue weighted by Gasteiger charge is 2.34. The van der Waals surface area contributed by atoms with Gasteiger partial charge in [-0.3, -0.25) is 13.9 Å². The minimum atomic E-state index is -4.21. The lowest BCUT2D eigenvalue weighted by Gasteiger charge is -2.33. The molecule has 1 heterocycles. The number of nitrogens with zero attached hydrogens (tertiary/aromatic N) is 2. The van der Waals surface area contributed by atoms with Crippen LogP contribution in [0.1, 0.15) is 25.8 Å². The molecule has 0 unspecified atom stereocenters. The topological polar surface area (TPSA) is 105 Å². The quantitative estimate of drug-likeness (QED) is 0.327. The van der Waals surface area contributed by atoms with E-state index < -0.39 is 28.5 Å². The number of ether oxygens (including phenoxy) is 2. The first-order valence-electron chi connectivity index (χ1n) is 13.1. The molecule has 0 saturated carbocycles. The summed E-state index contributed by atoms with van der Waals surface area (Å²) in [4.78, 5) is 28.5. The molecule has 12 heteroatoms. The zero-order valence-electron chi connectivity index (χ0n) is 22.7. The van der Waals surface area contributed by atoms with Gasteiger partial charge >= 0.3 is 0 Å². The SMILES string of the molecule is CCNC(=O)[C@@H](CC)N(Cc1ccc(Cl)c(Cl)c1)C(=O)CN(c1ccc2c(c1)OCCO2)S(=O)(=O)c1ccccc1. The van der Waals surface area contributed by atoms with E-state index in [1.165, 1.54) is 23.1 Å². The summed E-state index contributed by atoms with van der Waals surface area (Å²) in [7, 11) is -4.21. The van der Waals surface area contributed by atoms with Crippen LogP contribution in [0.25, 0.3) is 0 Å². The summed E-state index contributed by atoms with van der Waals surface area (Å²) in [6.07, 6.45) is 0.300. The van der Waals surface area contributed by atoms with E-state index in [0.717, 1.165) is 4.31 Å². The van der Waals surface area contributed by atoms with Crippen molar-refractivity contribution in [2.24, 2.45) is 0 Å². The van der Waals surface area contributed by atoms with E-state index >= 15 is 0 Å². The lowest BCUT2D eigenvalue weighted by Crippen LogP contribution is -2.52. The van der Waals surface area contributed by atoms with E-state index in [4.69, 9.17) is 32.7 Å². The molecule has 0 saturated heterocycles. The Morgan fingerprint density at radius 1 is 0.927 bits per heavy atom. The van der Waals surface area contributed by atoms with Gasteiger partial charge in [-0.05, 0) is 55.3 Å². The molecule has 1 atom stereocenters. The van der Waals surface area contributed by atoms with Crippen molar-refractivity contribution in [2.75, 3.05) is 30.6 Å². The molecule has 218 valence electrons. The standard InChI is InChI=1S/C29H31Cl2N3O6S/c1-3-25(29(36)32-4-2)33(18-20-10-12-23(30)24(31)16-20)28(35)19-34(41(37,38)22-8-6-5-7-9-22)21-11-13-26-27(17-21)40-15-14-39-26/h5-13,16-17,25H,3-4,14-15,18-19H2,1-2H3,(H,32,36)/t25-/m1/s1. The van der Waals surface area contributed by atoms with Crippen LogP contribution in [0, 0.1) is 0 Å². The molecule has 0 radical (unpaired) electrons. The third kappa shape index (κ3) is 7.06. The van der Waals surface area contributed by atoms with Gasteiger partial charge in [-0.2, -0.15) is 0 Å². The number of hydrogen-bond donors (Lipinski definition) is 1. The highest BCUT2D eigenvalue weighted by Crippen LogP contribution is 2.36. The zero-order valence-corrected chi connectivity index (χ0v) is 25.0. The molecule has 1 aliphatic heterocycles. The summed E-state index contributed by atoms with van der Waals surface area (Å²) in [6, 6.07) is 16.6. The maximum Gasteiger partial charge on any atom is 0.264 e. The van der Waals surface area contributed by atoms with Crippen LogP contribution in [0.3, 0.4) is 0 Å². The number of sulfonamides is 1. The molecule has 0 bridgehead atoms. The van der Waals surface area contributed by atoms with Crippen molar-refractivity contribution in [3.05, 3.63) is 82.3 Å². The van der Waals surface area contributed by atoms with Crippen LogP contribution in [0.4, 0.5) is 5.69 Å². The third-order valence-corrected chi connectivity index (χ3v) is 9.02. The number of likely N-dealkylation sites (N-methyl/N-ethyl adjacent to an activating group) is 1. The minimum absolute atomic E-state index is 0.00568. The molecule has 3 aromatic carbocycles. The van der Waals surface area contributed by atoms with Crippen molar-refractivity contribution in [3.8, 4) is 11.5 Å². The Bertz CT molecular complexity index is 1500. The van der Waals surface area contributed by atoms with E-state index in [2.05, 4.69) is 5.32 Å². The van der Waals surface area contributed by atoms with E-state index in [9.17, 15) is 18.0 Å². The Morgan fingerprint density at radius 3 is 2.29 bits per heavy atom. The maximum atomic E-state index is 14.1. The minimum Gasteiger partial charge on any atom is -0.486 e. The van der Waals surface area contributed by atoms with Gasteiger partial charge in [0.2, 0.25) is 11.8 Å². The summed E-state index contributed by atoms with van der Waals surface area (Å²) in [5, 5.41) is 3.42. The number of carbonyl (C=O) groups excluding carboxylic acids is 2. The van der Waals surface area contributed by atoms with E-state index in [1.807, 2.05) is 0 Å². The number of carbonyl (C=O) groups is 2. The number of rotatable bonds is 11. The van der Waals surface area contributed by atoms with Gasteiger partial charge in [0.15, 0.2) is 11.5 Å². The first-order valence-corrected chi connectivity index (χ1v) is 15.3. The van der Waals surface area contributed by atoms with Crippen molar-refractivity contribution in [1.82, 2.24) is 10.2 Å². The average Bonchev–Trinajstić information content (AvgIpc) is 2.97. The number of benzene rings is 3. The molecule has 3 aromatic rings. The lowest BCUT2D eigenvalue weighted by molar-refractivity contribution is -0.140. The fraction of sp³-hybridized carbons (Fsp3) is 0.310. The Kier molecular flexibility index (Phi) is 10.0. The number of anilines is 1. The summed E-state index contributed by atoms with van der Waals surface area (Å²) in [5.41, 5.74) is 0.847. The van der Waals surface area contributed by atoms with Crippen LogP contribution in [-0.4, -0.2) is 57.5 Å². The second kappa shape index (κ2) is 13.5. The number of fused-ring (bicyclic) bond motifs is 1. The molecule has 0 spiro atoms. The molecule has 0 aliphatic carbocycles. The largest absolute Gasteiger partial charge is 0.486 e. The second-order valence-corrected chi connectivity index (χ2v) is 11.9. The second-order valence-electron chi connectivity index (χ2n) is 9.24. The van der Waals surface area contributed by atoms with Gasteiger partial charge in [-0.15, -0.1) is 0 Å².